The van der Waals surface area contributed by atoms with Crippen LogP contribution in [0.3, 0.4) is 0 Å². The molecular formula is C13H14N4O3. The number of carboxylic acid groups (broad SMARTS) is 1. The number of aliphatic carboxylic acids is 1. The van der Waals surface area contributed by atoms with Crippen molar-refractivity contribution in [1.29, 1.82) is 0 Å². The van der Waals surface area contributed by atoms with Crippen molar-refractivity contribution in [3.05, 3.63) is 30.6 Å². The molecule has 0 radical (unpaired) electrons. The smallest absolute Gasteiger partial charge is 0.326 e. The first kappa shape index (κ1) is 13.7. The molecule has 0 saturated heterocycles. The number of fused-ring (bicyclic) bond motifs is 1. The van der Waals surface area contributed by atoms with Crippen LogP contribution in [0.15, 0.2) is 30.6 Å². The Balaban J connectivity index is 2.24. The predicted molar refractivity (Wildman–Crippen MR) is 73.0 cm³/mol. The molecule has 2 rings (SSSR count). The molecular weight excluding hydrogens is 260 g/mol. The number of hydrogen-bond donors (Lipinski definition) is 3. The van der Waals surface area contributed by atoms with Crippen LogP contribution in [0.5, 0.6) is 0 Å². The van der Waals surface area contributed by atoms with E-state index in [2.05, 4.69) is 15.3 Å². The molecule has 0 bridgehead atoms. The highest BCUT2D eigenvalue weighted by Crippen LogP contribution is 2.19. The van der Waals surface area contributed by atoms with E-state index in [1.807, 2.05) is 12.1 Å². The molecule has 20 heavy (non-hydrogen) atoms. The minimum Gasteiger partial charge on any atom is -0.480 e. The normalized spacial score (nSPS) is 12.0. The Morgan fingerprint density at radius 1 is 1.30 bits per heavy atom. The van der Waals surface area contributed by atoms with Crippen molar-refractivity contribution in [2.24, 2.45) is 5.73 Å². The maximum absolute atomic E-state index is 11.2. The predicted octanol–water partition coefficient (Wildman–Crippen LogP) is 0.760. The van der Waals surface area contributed by atoms with E-state index >= 15 is 0 Å². The highest BCUT2D eigenvalue weighted by Gasteiger charge is 2.19. The van der Waals surface area contributed by atoms with Crippen LogP contribution in [0.4, 0.5) is 5.82 Å². The molecule has 0 aliphatic heterocycles. The van der Waals surface area contributed by atoms with Gasteiger partial charge in [-0.15, -0.1) is 0 Å². The Hall–Kier alpha value is -2.70. The molecule has 7 nitrogen and oxygen atoms in total. The molecule has 1 atom stereocenters. The molecule has 1 aromatic heterocycles. The first-order valence-corrected chi connectivity index (χ1v) is 6.05. The molecule has 1 amide bonds. The van der Waals surface area contributed by atoms with E-state index in [1.165, 1.54) is 6.33 Å². The van der Waals surface area contributed by atoms with E-state index in [4.69, 9.17) is 10.8 Å². The summed E-state index contributed by atoms with van der Waals surface area (Å²) in [4.78, 5) is 30.1. The molecule has 4 N–H and O–H groups in total. The number of nitrogens with zero attached hydrogens (tertiary/aromatic N) is 2. The third-order valence-electron chi connectivity index (χ3n) is 2.83. The van der Waals surface area contributed by atoms with Gasteiger partial charge in [-0.1, -0.05) is 12.1 Å². The van der Waals surface area contributed by atoms with Gasteiger partial charge in [0, 0.05) is 11.8 Å². The molecule has 2 aromatic rings. The van der Waals surface area contributed by atoms with E-state index in [1.54, 1.807) is 12.1 Å². The second kappa shape index (κ2) is 5.96. The van der Waals surface area contributed by atoms with Gasteiger partial charge in [0.25, 0.3) is 0 Å². The monoisotopic (exact) mass is 274 g/mol. The van der Waals surface area contributed by atoms with Gasteiger partial charge < -0.3 is 16.2 Å². The zero-order valence-corrected chi connectivity index (χ0v) is 10.6. The summed E-state index contributed by atoms with van der Waals surface area (Å²) in [6.45, 7) is 0. The van der Waals surface area contributed by atoms with Crippen molar-refractivity contribution in [3.8, 4) is 0 Å². The average Bonchev–Trinajstić information content (AvgIpc) is 2.43. The summed E-state index contributed by atoms with van der Waals surface area (Å²) in [5, 5.41) is 12.7. The van der Waals surface area contributed by atoms with E-state index in [0.717, 1.165) is 5.39 Å². The van der Waals surface area contributed by atoms with Gasteiger partial charge in [-0.3, -0.25) is 4.79 Å². The maximum atomic E-state index is 11.2. The van der Waals surface area contributed by atoms with Crippen LogP contribution in [-0.4, -0.2) is 33.0 Å². The average molecular weight is 274 g/mol. The van der Waals surface area contributed by atoms with Gasteiger partial charge in [0.2, 0.25) is 5.91 Å². The zero-order valence-electron chi connectivity index (χ0n) is 10.6. The van der Waals surface area contributed by atoms with Crippen LogP contribution in [0.2, 0.25) is 0 Å². The third-order valence-corrected chi connectivity index (χ3v) is 2.83. The maximum Gasteiger partial charge on any atom is 0.326 e. The van der Waals surface area contributed by atoms with Crippen LogP contribution in [-0.2, 0) is 9.59 Å². The number of anilines is 1. The van der Waals surface area contributed by atoms with Gasteiger partial charge in [-0.25, -0.2) is 14.8 Å². The second-order valence-electron chi connectivity index (χ2n) is 4.28. The summed E-state index contributed by atoms with van der Waals surface area (Å²) in [7, 11) is 0. The van der Waals surface area contributed by atoms with Crippen LogP contribution in [0, 0.1) is 0 Å². The number of rotatable bonds is 6. The molecule has 0 aliphatic rings. The van der Waals surface area contributed by atoms with Crippen molar-refractivity contribution in [2.75, 3.05) is 5.32 Å². The molecule has 7 heteroatoms. The number of carboxylic acids is 1. The van der Waals surface area contributed by atoms with E-state index in [0.29, 0.717) is 11.3 Å². The highest BCUT2D eigenvalue weighted by molar-refractivity contribution is 5.90. The summed E-state index contributed by atoms with van der Waals surface area (Å²) >= 11 is 0. The summed E-state index contributed by atoms with van der Waals surface area (Å²) in [6, 6.07) is 6.32. The fraction of sp³-hybridized carbons (Fsp3) is 0.231. The highest BCUT2D eigenvalue weighted by atomic mass is 16.4. The number of amides is 1. The molecule has 0 fully saturated rings. The molecule has 0 saturated carbocycles. The summed E-state index contributed by atoms with van der Waals surface area (Å²) in [6.07, 6.45) is 1.45. The van der Waals surface area contributed by atoms with Crippen molar-refractivity contribution in [2.45, 2.75) is 18.9 Å². The molecule has 1 aromatic carbocycles. The van der Waals surface area contributed by atoms with Crippen molar-refractivity contribution < 1.29 is 14.7 Å². The standard InChI is InChI=1S/C13H14N4O3/c14-11(18)6-5-10(13(19)20)17-12-8-3-1-2-4-9(8)15-7-16-12/h1-4,7,10H,5-6H2,(H2,14,18)(H,19,20)(H,15,16,17). The van der Waals surface area contributed by atoms with E-state index < -0.39 is 17.9 Å². The quantitative estimate of drug-likeness (QED) is 0.715. The minimum atomic E-state index is -1.06. The van der Waals surface area contributed by atoms with Crippen LogP contribution < -0.4 is 11.1 Å². The second-order valence-corrected chi connectivity index (χ2v) is 4.28. The number of nitrogens with two attached hydrogens (primary N) is 1. The number of carbonyl (C=O) groups excluding carboxylic acids is 1. The fourth-order valence-corrected chi connectivity index (χ4v) is 1.83. The number of carbonyl (C=O) groups is 2. The van der Waals surface area contributed by atoms with E-state index in [9.17, 15) is 9.59 Å². The van der Waals surface area contributed by atoms with Crippen molar-refractivity contribution in [3.63, 3.8) is 0 Å². The largest absolute Gasteiger partial charge is 0.480 e. The van der Waals surface area contributed by atoms with Gasteiger partial charge in [0.1, 0.15) is 18.2 Å². The molecule has 0 spiro atoms. The topological polar surface area (TPSA) is 118 Å². The van der Waals surface area contributed by atoms with Gasteiger partial charge in [-0.2, -0.15) is 0 Å². The Bertz CT molecular complexity index is 639. The summed E-state index contributed by atoms with van der Waals surface area (Å²) in [5.74, 6) is -1.17. The lowest BCUT2D eigenvalue weighted by Gasteiger charge is -2.15. The lowest BCUT2D eigenvalue weighted by Crippen LogP contribution is -2.31. The molecule has 0 aliphatic carbocycles. The Labute approximate surface area is 114 Å². The number of para-hydroxylation sites is 1. The Morgan fingerprint density at radius 2 is 2.05 bits per heavy atom. The van der Waals surface area contributed by atoms with Crippen LogP contribution >= 0.6 is 0 Å². The number of nitrogens with one attached hydrogen (secondary N) is 1. The number of aromatic nitrogens is 2. The third kappa shape index (κ3) is 3.19. The molecule has 1 heterocycles. The van der Waals surface area contributed by atoms with Gasteiger partial charge >= 0.3 is 5.97 Å². The Morgan fingerprint density at radius 3 is 2.75 bits per heavy atom. The number of benzene rings is 1. The first-order chi connectivity index (χ1) is 9.58. The number of primary amides is 1. The number of hydrogen-bond acceptors (Lipinski definition) is 5. The lowest BCUT2D eigenvalue weighted by atomic mass is 10.1. The zero-order chi connectivity index (χ0) is 14.5. The first-order valence-electron chi connectivity index (χ1n) is 6.05. The molecule has 104 valence electrons. The summed E-state index contributed by atoms with van der Waals surface area (Å²) < 4.78 is 0. The SMILES string of the molecule is NC(=O)CCC(Nc1ncnc2ccccc12)C(=O)O. The summed E-state index contributed by atoms with van der Waals surface area (Å²) in [5.41, 5.74) is 5.75. The van der Waals surface area contributed by atoms with Crippen molar-refractivity contribution in [1.82, 2.24) is 9.97 Å². The van der Waals surface area contributed by atoms with Gasteiger partial charge in [0.05, 0.1) is 5.52 Å². The van der Waals surface area contributed by atoms with Crippen LogP contribution in [0.1, 0.15) is 12.8 Å². The Kier molecular flexibility index (Phi) is 4.09. The van der Waals surface area contributed by atoms with Gasteiger partial charge in [-0.05, 0) is 18.6 Å². The van der Waals surface area contributed by atoms with Gasteiger partial charge in [0.15, 0.2) is 0 Å². The lowest BCUT2D eigenvalue weighted by molar-refractivity contribution is -0.138. The molecule has 1 unspecified atom stereocenters. The van der Waals surface area contributed by atoms with Crippen LogP contribution in [0.25, 0.3) is 10.9 Å². The van der Waals surface area contributed by atoms with Crippen molar-refractivity contribution >= 4 is 28.6 Å². The van der Waals surface area contributed by atoms with E-state index in [-0.39, 0.29) is 12.8 Å². The fourth-order valence-electron chi connectivity index (χ4n) is 1.83. The minimum absolute atomic E-state index is 0.00696.